The van der Waals surface area contributed by atoms with Crippen molar-refractivity contribution >= 4 is 17.5 Å². The summed E-state index contributed by atoms with van der Waals surface area (Å²) >= 11 is -0.750. The number of hydrogen-bond donors (Lipinski definition) is 2. The largest absolute Gasteiger partial charge is 0.335 e. The molecular formula is C18H19FN6O5S. The maximum absolute atomic E-state index is 14.6. The fourth-order valence-electron chi connectivity index (χ4n) is 2.67. The van der Waals surface area contributed by atoms with Crippen molar-refractivity contribution < 1.29 is 22.8 Å². The second-order valence-electron chi connectivity index (χ2n) is 6.98. The van der Waals surface area contributed by atoms with Crippen LogP contribution in [0.3, 0.4) is 0 Å². The molecular weight excluding hydrogens is 431 g/mol. The minimum atomic E-state index is -0.908. The number of rotatable bonds is 6. The molecule has 0 atom stereocenters. The molecule has 0 saturated carbocycles. The van der Waals surface area contributed by atoms with Crippen LogP contribution in [0.5, 0.6) is 0 Å². The lowest BCUT2D eigenvalue weighted by Crippen LogP contribution is -2.36. The van der Waals surface area contributed by atoms with E-state index in [1.807, 2.05) is 0 Å². The van der Waals surface area contributed by atoms with E-state index < -0.39 is 34.3 Å². The number of amides is 1. The average molecular weight is 450 g/mol. The van der Waals surface area contributed by atoms with Crippen molar-refractivity contribution in [3.8, 4) is 16.8 Å². The molecule has 3 aromatic rings. The molecule has 0 fully saturated rings. The SMILES string of the molecule is CC(C)(CCn1cc(F)c(-c2ccc(-n3ncnn3)cc2)cc1=O)C(=O)NO.O=S=O. The second-order valence-corrected chi connectivity index (χ2v) is 7.12. The minimum absolute atomic E-state index is 0.132. The van der Waals surface area contributed by atoms with Crippen LogP contribution >= 0.6 is 0 Å². The van der Waals surface area contributed by atoms with Crippen LogP contribution in [0, 0.1) is 11.2 Å². The van der Waals surface area contributed by atoms with Gasteiger partial charge in [-0.2, -0.15) is 8.42 Å². The van der Waals surface area contributed by atoms with Gasteiger partial charge in [-0.1, -0.05) is 26.0 Å². The maximum atomic E-state index is 14.6. The molecule has 0 aliphatic carbocycles. The molecule has 164 valence electrons. The predicted octanol–water partition coefficient (Wildman–Crippen LogP) is 0.882. The van der Waals surface area contributed by atoms with Gasteiger partial charge in [-0.3, -0.25) is 14.8 Å². The summed E-state index contributed by atoms with van der Waals surface area (Å²) in [4.78, 5) is 25.3. The van der Waals surface area contributed by atoms with Gasteiger partial charge in [0.1, 0.15) is 5.82 Å². The van der Waals surface area contributed by atoms with Crippen LogP contribution in [0.1, 0.15) is 20.3 Å². The Morgan fingerprint density at radius 3 is 2.45 bits per heavy atom. The molecule has 0 unspecified atom stereocenters. The number of aromatic nitrogens is 5. The highest BCUT2D eigenvalue weighted by atomic mass is 32.1. The molecule has 11 nitrogen and oxygen atoms in total. The van der Waals surface area contributed by atoms with E-state index >= 15 is 0 Å². The van der Waals surface area contributed by atoms with Crippen molar-refractivity contribution in [1.82, 2.24) is 30.3 Å². The Balaban J connectivity index is 0.00000107. The van der Waals surface area contributed by atoms with Gasteiger partial charge in [-0.05, 0) is 29.3 Å². The monoisotopic (exact) mass is 450 g/mol. The number of tetrazole rings is 1. The standard InChI is InChI=1S/C18H19FN6O3.O2S/c1-18(2,17(27)22-28)7-8-24-10-15(19)14(9-16(24)26)12-3-5-13(6-4-12)25-21-11-20-23-25;1-3-2/h3-6,9-11,28H,7-8H2,1-2H3,(H,22,27);. The average Bonchev–Trinajstić information content (AvgIpc) is 3.29. The zero-order valence-electron chi connectivity index (χ0n) is 16.6. The van der Waals surface area contributed by atoms with Crippen molar-refractivity contribution in [3.63, 3.8) is 0 Å². The first-order valence-corrected chi connectivity index (χ1v) is 9.50. The molecule has 31 heavy (non-hydrogen) atoms. The van der Waals surface area contributed by atoms with E-state index in [4.69, 9.17) is 13.6 Å². The molecule has 13 heteroatoms. The Morgan fingerprint density at radius 1 is 1.26 bits per heavy atom. The number of carbonyl (C=O) groups excluding carboxylic acids is 1. The Hall–Kier alpha value is -3.58. The second kappa shape index (κ2) is 10.4. The van der Waals surface area contributed by atoms with Crippen LogP contribution in [0.25, 0.3) is 16.8 Å². The number of aryl methyl sites for hydroxylation is 1. The third kappa shape index (κ3) is 5.96. The summed E-state index contributed by atoms with van der Waals surface area (Å²) in [7, 11) is 0. The van der Waals surface area contributed by atoms with Crippen LogP contribution in [0.4, 0.5) is 4.39 Å². The third-order valence-electron chi connectivity index (χ3n) is 4.53. The quantitative estimate of drug-likeness (QED) is 0.415. The highest BCUT2D eigenvalue weighted by Crippen LogP contribution is 2.24. The molecule has 0 saturated heterocycles. The van der Waals surface area contributed by atoms with Gasteiger partial charge in [0, 0.05) is 29.8 Å². The smallest absolute Gasteiger partial charge is 0.313 e. The summed E-state index contributed by atoms with van der Waals surface area (Å²) in [5.74, 6) is -1.13. The first-order valence-electron chi connectivity index (χ1n) is 8.83. The first-order chi connectivity index (χ1) is 14.7. The topological polar surface area (TPSA) is 149 Å². The lowest BCUT2D eigenvalue weighted by molar-refractivity contribution is -0.138. The van der Waals surface area contributed by atoms with Crippen molar-refractivity contribution in [2.45, 2.75) is 26.8 Å². The van der Waals surface area contributed by atoms with E-state index in [2.05, 4.69) is 15.4 Å². The maximum Gasteiger partial charge on any atom is 0.335 e. The van der Waals surface area contributed by atoms with Gasteiger partial charge in [0.05, 0.1) is 5.69 Å². The summed E-state index contributed by atoms with van der Waals surface area (Å²) in [6, 6.07) is 7.93. The van der Waals surface area contributed by atoms with E-state index in [-0.39, 0.29) is 18.5 Å². The molecule has 2 aromatic heterocycles. The van der Waals surface area contributed by atoms with E-state index in [9.17, 15) is 14.0 Å². The molecule has 0 radical (unpaired) electrons. The van der Waals surface area contributed by atoms with Gasteiger partial charge in [0.25, 0.3) is 5.56 Å². The molecule has 1 aromatic carbocycles. The highest BCUT2D eigenvalue weighted by molar-refractivity contribution is 7.51. The number of carbonyl (C=O) groups is 1. The number of hydroxylamine groups is 1. The Morgan fingerprint density at radius 2 is 1.90 bits per heavy atom. The molecule has 3 rings (SSSR count). The molecule has 0 aliphatic rings. The molecule has 2 heterocycles. The number of pyridine rings is 1. The van der Waals surface area contributed by atoms with Crippen molar-refractivity contribution in [3.05, 3.63) is 59.0 Å². The summed E-state index contributed by atoms with van der Waals surface area (Å²) in [6.07, 6.45) is 2.67. The van der Waals surface area contributed by atoms with Crippen molar-refractivity contribution in [2.75, 3.05) is 0 Å². The predicted molar refractivity (Wildman–Crippen MR) is 106 cm³/mol. The zero-order chi connectivity index (χ0) is 23.0. The van der Waals surface area contributed by atoms with Crippen LogP contribution in [-0.4, -0.2) is 44.3 Å². The van der Waals surface area contributed by atoms with Gasteiger partial charge in [-0.25, -0.2) is 9.87 Å². The Bertz CT molecular complexity index is 1130. The van der Waals surface area contributed by atoms with E-state index in [1.54, 1.807) is 43.6 Å². The minimum Gasteiger partial charge on any atom is -0.313 e. The number of hydrogen-bond acceptors (Lipinski definition) is 8. The van der Waals surface area contributed by atoms with Gasteiger partial charge < -0.3 is 4.57 Å². The van der Waals surface area contributed by atoms with Gasteiger partial charge in [-0.15, -0.1) is 15.0 Å². The van der Waals surface area contributed by atoms with Gasteiger partial charge >= 0.3 is 11.6 Å². The molecule has 0 aliphatic heterocycles. The zero-order valence-corrected chi connectivity index (χ0v) is 17.4. The molecule has 1 amide bonds. The number of nitrogens with zero attached hydrogens (tertiary/aromatic N) is 5. The molecule has 0 bridgehead atoms. The third-order valence-corrected chi connectivity index (χ3v) is 4.53. The number of nitrogens with one attached hydrogen (secondary N) is 1. The molecule has 2 N–H and O–H groups in total. The summed E-state index contributed by atoms with van der Waals surface area (Å²) < 4.78 is 32.4. The fraction of sp³-hybridized carbons (Fsp3) is 0.278. The fourth-order valence-corrected chi connectivity index (χ4v) is 2.67. The number of halogens is 1. The van der Waals surface area contributed by atoms with Crippen molar-refractivity contribution in [2.24, 2.45) is 5.41 Å². The number of benzene rings is 1. The van der Waals surface area contributed by atoms with E-state index in [0.717, 1.165) is 6.20 Å². The lowest BCUT2D eigenvalue weighted by Gasteiger charge is -2.22. The van der Waals surface area contributed by atoms with Crippen LogP contribution in [0.15, 0.2) is 47.7 Å². The van der Waals surface area contributed by atoms with Crippen LogP contribution < -0.4 is 11.0 Å². The summed E-state index contributed by atoms with van der Waals surface area (Å²) in [5, 5.41) is 20.1. The lowest BCUT2D eigenvalue weighted by atomic mass is 9.88. The highest BCUT2D eigenvalue weighted by Gasteiger charge is 2.27. The Kier molecular flexibility index (Phi) is 7.99. The van der Waals surface area contributed by atoms with E-state index in [0.29, 0.717) is 11.3 Å². The van der Waals surface area contributed by atoms with Gasteiger partial charge in [0.15, 0.2) is 6.33 Å². The summed E-state index contributed by atoms with van der Waals surface area (Å²) in [6.45, 7) is 3.38. The molecule has 0 spiro atoms. The van der Waals surface area contributed by atoms with E-state index in [1.165, 1.54) is 21.8 Å². The summed E-state index contributed by atoms with van der Waals surface area (Å²) in [5.41, 5.74) is 1.66. The van der Waals surface area contributed by atoms with Crippen LogP contribution in [0.2, 0.25) is 0 Å². The van der Waals surface area contributed by atoms with Gasteiger partial charge in [0.2, 0.25) is 5.91 Å². The van der Waals surface area contributed by atoms with Crippen LogP contribution in [-0.2, 0) is 22.9 Å². The first kappa shape index (κ1) is 23.7. The normalized spacial score (nSPS) is 10.7. The van der Waals surface area contributed by atoms with Crippen molar-refractivity contribution in [1.29, 1.82) is 0 Å². The Labute approximate surface area is 179 Å².